The van der Waals surface area contributed by atoms with Gasteiger partial charge in [-0.3, -0.25) is 0 Å². The van der Waals surface area contributed by atoms with Gasteiger partial charge in [0.05, 0.1) is 6.26 Å². The van der Waals surface area contributed by atoms with Crippen molar-refractivity contribution in [1.82, 2.24) is 0 Å². The van der Waals surface area contributed by atoms with Crippen LogP contribution >= 0.6 is 0 Å². The zero-order chi connectivity index (χ0) is 8.10. The van der Waals surface area contributed by atoms with Crippen molar-refractivity contribution in [3.63, 3.8) is 0 Å². The van der Waals surface area contributed by atoms with Gasteiger partial charge < -0.3 is 4.42 Å². The molecule has 1 aromatic rings. The van der Waals surface area contributed by atoms with Crippen molar-refractivity contribution in [3.05, 3.63) is 52.8 Å². The van der Waals surface area contributed by atoms with Crippen LogP contribution in [0.15, 0.2) is 46.0 Å². The SMILES string of the molecule is C=C=CCc1ccoc(=O)c1. The molecular weight excluding hydrogens is 140 g/mol. The first-order chi connectivity index (χ1) is 5.33. The highest BCUT2D eigenvalue weighted by Crippen LogP contribution is 1.95. The van der Waals surface area contributed by atoms with E-state index in [1.54, 1.807) is 12.1 Å². The maximum atomic E-state index is 10.6. The molecule has 0 aromatic carbocycles. The molecule has 0 fully saturated rings. The van der Waals surface area contributed by atoms with Gasteiger partial charge in [-0.2, -0.15) is 0 Å². The summed E-state index contributed by atoms with van der Waals surface area (Å²) in [5.41, 5.74) is 3.22. The number of rotatable bonds is 2. The van der Waals surface area contributed by atoms with Crippen molar-refractivity contribution in [2.45, 2.75) is 6.42 Å². The van der Waals surface area contributed by atoms with Crippen LogP contribution < -0.4 is 5.63 Å². The van der Waals surface area contributed by atoms with E-state index in [4.69, 9.17) is 0 Å². The van der Waals surface area contributed by atoms with E-state index in [2.05, 4.69) is 16.7 Å². The van der Waals surface area contributed by atoms with E-state index in [-0.39, 0.29) is 5.63 Å². The molecule has 0 aliphatic carbocycles. The molecule has 0 spiro atoms. The van der Waals surface area contributed by atoms with Crippen LogP contribution in [-0.4, -0.2) is 0 Å². The molecule has 0 N–H and O–H groups in total. The molecule has 0 unspecified atom stereocenters. The largest absolute Gasteiger partial charge is 0.431 e. The Morgan fingerprint density at radius 3 is 3.18 bits per heavy atom. The zero-order valence-corrected chi connectivity index (χ0v) is 6.04. The quantitative estimate of drug-likeness (QED) is 0.595. The minimum Gasteiger partial charge on any atom is -0.431 e. The third kappa shape index (κ3) is 2.28. The topological polar surface area (TPSA) is 30.2 Å². The number of hydrogen-bond acceptors (Lipinski definition) is 2. The summed E-state index contributed by atoms with van der Waals surface area (Å²) in [7, 11) is 0. The van der Waals surface area contributed by atoms with E-state index < -0.39 is 0 Å². The van der Waals surface area contributed by atoms with Gasteiger partial charge in [0, 0.05) is 6.07 Å². The Kier molecular flexibility index (Phi) is 2.47. The van der Waals surface area contributed by atoms with E-state index in [1.165, 1.54) is 12.3 Å². The minimum atomic E-state index is -0.319. The van der Waals surface area contributed by atoms with Crippen LogP contribution in [0.1, 0.15) is 5.56 Å². The van der Waals surface area contributed by atoms with Crippen LogP contribution in [0.3, 0.4) is 0 Å². The van der Waals surface area contributed by atoms with Gasteiger partial charge in [-0.25, -0.2) is 4.79 Å². The molecule has 1 aromatic heterocycles. The molecule has 0 saturated heterocycles. The van der Waals surface area contributed by atoms with Gasteiger partial charge in [0.25, 0.3) is 0 Å². The predicted molar refractivity (Wildman–Crippen MR) is 42.4 cm³/mol. The second-order valence-corrected chi connectivity index (χ2v) is 2.07. The van der Waals surface area contributed by atoms with Gasteiger partial charge in [-0.05, 0) is 24.1 Å². The third-order valence-electron chi connectivity index (χ3n) is 1.25. The minimum absolute atomic E-state index is 0.319. The first kappa shape index (κ1) is 7.58. The lowest BCUT2D eigenvalue weighted by molar-refractivity contribution is 0.508. The Hall–Kier alpha value is -1.53. The first-order valence-corrected chi connectivity index (χ1v) is 3.25. The normalized spacial score (nSPS) is 8.73. The summed E-state index contributed by atoms with van der Waals surface area (Å²) in [6.45, 7) is 3.42. The summed E-state index contributed by atoms with van der Waals surface area (Å²) in [5.74, 6) is 0. The van der Waals surface area contributed by atoms with Gasteiger partial charge in [0.2, 0.25) is 0 Å². The molecule has 1 heterocycles. The first-order valence-electron chi connectivity index (χ1n) is 3.25. The Bertz CT molecular complexity index is 329. The van der Waals surface area contributed by atoms with Crippen LogP contribution in [0.2, 0.25) is 0 Å². The second kappa shape index (κ2) is 3.59. The molecule has 1 rings (SSSR count). The molecule has 2 nitrogen and oxygen atoms in total. The Morgan fingerprint density at radius 1 is 1.73 bits per heavy atom. The lowest BCUT2D eigenvalue weighted by atomic mass is 10.2. The fourth-order valence-electron chi connectivity index (χ4n) is 0.739. The monoisotopic (exact) mass is 148 g/mol. The maximum Gasteiger partial charge on any atom is 0.335 e. The molecule has 0 aliphatic heterocycles. The highest BCUT2D eigenvalue weighted by Gasteiger charge is 1.89. The van der Waals surface area contributed by atoms with E-state index in [0.29, 0.717) is 6.42 Å². The molecule has 0 radical (unpaired) electrons. The van der Waals surface area contributed by atoms with Crippen molar-refractivity contribution in [2.24, 2.45) is 0 Å². The van der Waals surface area contributed by atoms with Crippen LogP contribution in [0.4, 0.5) is 0 Å². The average Bonchev–Trinajstić information content (AvgIpc) is 2.01. The standard InChI is InChI=1S/C9H8O2/c1-2-3-4-8-5-6-11-9(10)7-8/h3,5-7H,1,4H2. The molecule has 11 heavy (non-hydrogen) atoms. The smallest absolute Gasteiger partial charge is 0.335 e. The highest BCUT2D eigenvalue weighted by atomic mass is 16.4. The molecule has 56 valence electrons. The predicted octanol–water partition coefficient (Wildman–Crippen LogP) is 1.52. The Balaban J connectivity index is 2.87. The van der Waals surface area contributed by atoms with Crippen LogP contribution in [0.25, 0.3) is 0 Å². The summed E-state index contributed by atoms with van der Waals surface area (Å²) in [4.78, 5) is 10.6. The Morgan fingerprint density at radius 2 is 2.55 bits per heavy atom. The van der Waals surface area contributed by atoms with E-state index in [0.717, 1.165) is 5.56 Å². The highest BCUT2D eigenvalue weighted by molar-refractivity contribution is 5.11. The van der Waals surface area contributed by atoms with Crippen molar-refractivity contribution >= 4 is 0 Å². The fourth-order valence-corrected chi connectivity index (χ4v) is 0.739. The summed E-state index contributed by atoms with van der Waals surface area (Å²) < 4.78 is 4.54. The van der Waals surface area contributed by atoms with E-state index in [1.807, 2.05) is 0 Å². The molecule has 0 aliphatic rings. The molecule has 0 saturated carbocycles. The van der Waals surface area contributed by atoms with Crippen molar-refractivity contribution in [3.8, 4) is 0 Å². The van der Waals surface area contributed by atoms with Crippen LogP contribution in [-0.2, 0) is 6.42 Å². The van der Waals surface area contributed by atoms with Gasteiger partial charge in [0.15, 0.2) is 0 Å². The third-order valence-corrected chi connectivity index (χ3v) is 1.25. The van der Waals surface area contributed by atoms with Crippen LogP contribution in [0, 0.1) is 0 Å². The molecule has 2 heteroatoms. The van der Waals surface area contributed by atoms with E-state index >= 15 is 0 Å². The van der Waals surface area contributed by atoms with Gasteiger partial charge >= 0.3 is 5.63 Å². The lowest BCUT2D eigenvalue weighted by Gasteiger charge is -1.90. The number of allylic oxidation sites excluding steroid dienone is 1. The molecule has 0 atom stereocenters. The second-order valence-electron chi connectivity index (χ2n) is 2.07. The summed E-state index contributed by atoms with van der Waals surface area (Å²) in [6.07, 6.45) is 3.82. The Labute approximate surface area is 64.5 Å². The average molecular weight is 148 g/mol. The maximum absolute atomic E-state index is 10.6. The summed E-state index contributed by atoms with van der Waals surface area (Å²) in [6, 6.07) is 3.20. The number of hydrogen-bond donors (Lipinski definition) is 0. The van der Waals surface area contributed by atoms with Gasteiger partial charge in [0.1, 0.15) is 0 Å². The van der Waals surface area contributed by atoms with Crippen LogP contribution in [0.5, 0.6) is 0 Å². The van der Waals surface area contributed by atoms with Gasteiger partial charge in [-0.15, -0.1) is 5.73 Å². The summed E-state index contributed by atoms with van der Waals surface area (Å²) in [5, 5.41) is 0. The van der Waals surface area contributed by atoms with E-state index in [9.17, 15) is 4.79 Å². The van der Waals surface area contributed by atoms with Crippen molar-refractivity contribution < 1.29 is 4.42 Å². The van der Waals surface area contributed by atoms with Crippen molar-refractivity contribution in [1.29, 1.82) is 0 Å². The lowest BCUT2D eigenvalue weighted by Crippen LogP contribution is -1.96. The summed E-state index contributed by atoms with van der Waals surface area (Å²) >= 11 is 0. The fraction of sp³-hybridized carbons (Fsp3) is 0.111. The zero-order valence-electron chi connectivity index (χ0n) is 6.04. The van der Waals surface area contributed by atoms with Crippen molar-refractivity contribution in [2.75, 3.05) is 0 Å². The molecule has 0 amide bonds. The van der Waals surface area contributed by atoms with Gasteiger partial charge in [-0.1, -0.05) is 6.58 Å². The molecular formula is C9H8O2. The molecule has 0 bridgehead atoms.